The first-order chi connectivity index (χ1) is 9.33. The molecule has 3 aliphatic rings. The summed E-state index contributed by atoms with van der Waals surface area (Å²) in [5.41, 5.74) is 0. The molecule has 0 saturated carbocycles. The van der Waals surface area contributed by atoms with E-state index >= 15 is 0 Å². The van der Waals surface area contributed by atoms with Gasteiger partial charge in [-0.05, 0) is 26.3 Å². The largest absolute Gasteiger partial charge is 0.314 e. The van der Waals surface area contributed by atoms with Gasteiger partial charge >= 0.3 is 0 Å². The molecule has 0 radical (unpaired) electrons. The number of rotatable bonds is 3. The maximum absolute atomic E-state index is 3.44. The number of nitrogens with one attached hydrogen (secondary N) is 1. The summed E-state index contributed by atoms with van der Waals surface area (Å²) in [5, 5.41) is 3.44. The number of fused-ring (bicyclic) bond motifs is 1. The van der Waals surface area contributed by atoms with E-state index in [1.165, 1.54) is 78.2 Å². The Morgan fingerprint density at radius 1 is 1.00 bits per heavy atom. The molecule has 0 aromatic rings. The predicted molar refractivity (Wildman–Crippen MR) is 79.6 cm³/mol. The zero-order valence-electron chi connectivity index (χ0n) is 12.5. The molecule has 3 aliphatic heterocycles. The maximum Gasteiger partial charge on any atom is 0.0223 e. The van der Waals surface area contributed by atoms with E-state index < -0.39 is 0 Å². The zero-order chi connectivity index (χ0) is 13.1. The average molecular weight is 266 g/mol. The normalized spacial score (nSPS) is 35.2. The zero-order valence-corrected chi connectivity index (χ0v) is 12.5. The van der Waals surface area contributed by atoms with Gasteiger partial charge in [0.2, 0.25) is 0 Å². The van der Waals surface area contributed by atoms with Crippen molar-refractivity contribution in [1.29, 1.82) is 0 Å². The van der Waals surface area contributed by atoms with Crippen molar-refractivity contribution in [2.75, 3.05) is 58.9 Å². The van der Waals surface area contributed by atoms with Crippen LogP contribution in [-0.4, -0.2) is 85.7 Å². The molecular weight excluding hydrogens is 236 g/mol. The van der Waals surface area contributed by atoms with Gasteiger partial charge in [-0.3, -0.25) is 14.7 Å². The predicted octanol–water partition coefficient (Wildman–Crippen LogP) is 0.450. The van der Waals surface area contributed by atoms with Gasteiger partial charge in [0.1, 0.15) is 0 Å². The lowest BCUT2D eigenvalue weighted by atomic mass is 9.97. The molecule has 0 bridgehead atoms. The lowest BCUT2D eigenvalue weighted by Crippen LogP contribution is -2.59. The summed E-state index contributed by atoms with van der Waals surface area (Å²) >= 11 is 0. The summed E-state index contributed by atoms with van der Waals surface area (Å²) in [4.78, 5) is 8.11. The van der Waals surface area contributed by atoms with Gasteiger partial charge in [-0.25, -0.2) is 0 Å². The topological polar surface area (TPSA) is 21.8 Å². The van der Waals surface area contributed by atoms with E-state index in [0.29, 0.717) is 0 Å². The first-order valence-corrected chi connectivity index (χ1v) is 8.24. The molecule has 4 heteroatoms. The molecule has 1 N–H and O–H groups in total. The van der Waals surface area contributed by atoms with Crippen LogP contribution in [0.15, 0.2) is 0 Å². The fourth-order valence-electron chi connectivity index (χ4n) is 3.93. The Bertz CT molecular complexity index is 277. The summed E-state index contributed by atoms with van der Waals surface area (Å²) < 4.78 is 0. The second-order valence-corrected chi connectivity index (χ2v) is 6.58. The number of piperazine rings is 2. The smallest absolute Gasteiger partial charge is 0.0223 e. The van der Waals surface area contributed by atoms with E-state index in [2.05, 4.69) is 26.9 Å². The van der Waals surface area contributed by atoms with Crippen molar-refractivity contribution >= 4 is 0 Å². The van der Waals surface area contributed by atoms with Crippen molar-refractivity contribution in [2.24, 2.45) is 0 Å². The molecule has 2 atom stereocenters. The Balaban J connectivity index is 1.47. The van der Waals surface area contributed by atoms with E-state index in [4.69, 9.17) is 0 Å². The SMILES string of the molecule is CC1CN2CCCCC2CN1CCN1CCNCC1. The Morgan fingerprint density at radius 2 is 1.84 bits per heavy atom. The number of hydrogen-bond acceptors (Lipinski definition) is 4. The lowest BCUT2D eigenvalue weighted by molar-refractivity contribution is 0.0105. The quantitative estimate of drug-likeness (QED) is 0.800. The number of piperidine rings is 1. The van der Waals surface area contributed by atoms with Crippen molar-refractivity contribution < 1.29 is 0 Å². The van der Waals surface area contributed by atoms with Crippen LogP contribution in [0.3, 0.4) is 0 Å². The van der Waals surface area contributed by atoms with Crippen LogP contribution in [0.5, 0.6) is 0 Å². The van der Waals surface area contributed by atoms with Crippen LogP contribution in [0.25, 0.3) is 0 Å². The number of nitrogens with zero attached hydrogens (tertiary/aromatic N) is 3. The van der Waals surface area contributed by atoms with Gasteiger partial charge in [0.15, 0.2) is 0 Å². The summed E-state index contributed by atoms with van der Waals surface area (Å²) in [7, 11) is 0. The highest BCUT2D eigenvalue weighted by molar-refractivity contribution is 4.89. The van der Waals surface area contributed by atoms with E-state index in [9.17, 15) is 0 Å². The highest BCUT2D eigenvalue weighted by atomic mass is 15.3. The fourth-order valence-corrected chi connectivity index (χ4v) is 3.93. The molecule has 0 amide bonds. The Kier molecular flexibility index (Phi) is 4.74. The average Bonchev–Trinajstić information content (AvgIpc) is 2.46. The second kappa shape index (κ2) is 6.53. The summed E-state index contributed by atoms with van der Waals surface area (Å²) in [6, 6.07) is 1.60. The Hall–Kier alpha value is -0.160. The molecule has 110 valence electrons. The molecule has 3 fully saturated rings. The Morgan fingerprint density at radius 3 is 2.68 bits per heavy atom. The van der Waals surface area contributed by atoms with E-state index in [0.717, 1.165) is 12.1 Å². The molecule has 3 rings (SSSR count). The van der Waals surface area contributed by atoms with Crippen LogP contribution < -0.4 is 5.32 Å². The van der Waals surface area contributed by atoms with Crippen molar-refractivity contribution in [1.82, 2.24) is 20.0 Å². The van der Waals surface area contributed by atoms with Gasteiger partial charge in [-0.2, -0.15) is 0 Å². The van der Waals surface area contributed by atoms with Gasteiger partial charge < -0.3 is 5.32 Å². The van der Waals surface area contributed by atoms with Crippen molar-refractivity contribution in [3.63, 3.8) is 0 Å². The molecule has 0 aromatic heterocycles. The first-order valence-electron chi connectivity index (χ1n) is 8.24. The Labute approximate surface area is 118 Å². The van der Waals surface area contributed by atoms with Crippen LogP contribution in [0.1, 0.15) is 26.2 Å². The first kappa shape index (κ1) is 13.8. The van der Waals surface area contributed by atoms with Crippen molar-refractivity contribution in [3.8, 4) is 0 Å². The lowest BCUT2D eigenvalue weighted by Gasteiger charge is -2.48. The van der Waals surface area contributed by atoms with Gasteiger partial charge in [0, 0.05) is 64.4 Å². The summed E-state index contributed by atoms with van der Waals surface area (Å²) in [6.45, 7) is 13.7. The van der Waals surface area contributed by atoms with E-state index in [1.807, 2.05) is 0 Å². The molecule has 4 nitrogen and oxygen atoms in total. The van der Waals surface area contributed by atoms with Gasteiger partial charge in [-0.1, -0.05) is 6.42 Å². The van der Waals surface area contributed by atoms with Gasteiger partial charge in [0.25, 0.3) is 0 Å². The molecule has 3 saturated heterocycles. The summed E-state index contributed by atoms with van der Waals surface area (Å²) in [6.07, 6.45) is 4.29. The highest BCUT2D eigenvalue weighted by Gasteiger charge is 2.32. The van der Waals surface area contributed by atoms with Crippen molar-refractivity contribution in [2.45, 2.75) is 38.3 Å². The molecular formula is C15H30N4. The molecule has 2 unspecified atom stereocenters. The van der Waals surface area contributed by atoms with E-state index in [1.54, 1.807) is 0 Å². The maximum atomic E-state index is 3.44. The van der Waals surface area contributed by atoms with Crippen LogP contribution in [0, 0.1) is 0 Å². The standard InChI is InChI=1S/C15H30N4/c1-14-12-19-7-3-2-4-15(19)13-18(14)11-10-17-8-5-16-6-9-17/h14-16H,2-13H2,1H3. The number of hydrogen-bond donors (Lipinski definition) is 1. The van der Waals surface area contributed by atoms with Crippen molar-refractivity contribution in [3.05, 3.63) is 0 Å². The fraction of sp³-hybridized carbons (Fsp3) is 1.00. The van der Waals surface area contributed by atoms with Gasteiger partial charge in [0.05, 0.1) is 0 Å². The molecule has 0 spiro atoms. The third kappa shape index (κ3) is 3.48. The van der Waals surface area contributed by atoms with Gasteiger partial charge in [-0.15, -0.1) is 0 Å². The minimum absolute atomic E-state index is 0.747. The van der Waals surface area contributed by atoms with Crippen LogP contribution in [-0.2, 0) is 0 Å². The van der Waals surface area contributed by atoms with Crippen LogP contribution in [0.4, 0.5) is 0 Å². The second-order valence-electron chi connectivity index (χ2n) is 6.58. The van der Waals surface area contributed by atoms with Crippen LogP contribution in [0.2, 0.25) is 0 Å². The van der Waals surface area contributed by atoms with Crippen LogP contribution >= 0.6 is 0 Å². The van der Waals surface area contributed by atoms with E-state index in [-0.39, 0.29) is 0 Å². The third-order valence-electron chi connectivity index (χ3n) is 5.23. The molecule has 3 heterocycles. The monoisotopic (exact) mass is 266 g/mol. The third-order valence-corrected chi connectivity index (χ3v) is 5.23. The minimum Gasteiger partial charge on any atom is -0.314 e. The molecule has 0 aromatic carbocycles. The molecule has 0 aliphatic carbocycles. The highest BCUT2D eigenvalue weighted by Crippen LogP contribution is 2.23. The molecule has 19 heavy (non-hydrogen) atoms. The summed E-state index contributed by atoms with van der Waals surface area (Å²) in [5.74, 6) is 0. The minimum atomic E-state index is 0.747.